The van der Waals surface area contributed by atoms with E-state index in [4.69, 9.17) is 0 Å². The van der Waals surface area contributed by atoms with Gasteiger partial charge in [0.1, 0.15) is 0 Å². The highest BCUT2D eigenvalue weighted by atomic mass is 16.2. The molecule has 104 valence electrons. The van der Waals surface area contributed by atoms with Crippen LogP contribution in [0.2, 0.25) is 0 Å². The first-order valence-corrected chi connectivity index (χ1v) is 6.87. The summed E-state index contributed by atoms with van der Waals surface area (Å²) in [5.74, 6) is 0.588. The summed E-state index contributed by atoms with van der Waals surface area (Å²) in [6.45, 7) is 10.1. The predicted molar refractivity (Wildman–Crippen MR) is 76.0 cm³/mol. The first-order chi connectivity index (χ1) is 8.92. The third kappa shape index (κ3) is 2.95. The third-order valence-electron chi connectivity index (χ3n) is 3.87. The van der Waals surface area contributed by atoms with Gasteiger partial charge in [-0.25, -0.2) is 0 Å². The van der Waals surface area contributed by atoms with E-state index in [0.717, 1.165) is 13.1 Å². The van der Waals surface area contributed by atoms with Crippen LogP contribution in [-0.2, 0) is 0 Å². The molecule has 0 radical (unpaired) electrons. The Balaban J connectivity index is 2.22. The first kappa shape index (κ1) is 14.0. The van der Waals surface area contributed by atoms with Crippen molar-refractivity contribution in [2.24, 2.45) is 5.92 Å². The van der Waals surface area contributed by atoms with E-state index in [9.17, 15) is 4.79 Å². The molecule has 0 spiro atoms. The molecule has 1 saturated heterocycles. The van der Waals surface area contributed by atoms with Crippen molar-refractivity contribution in [3.05, 3.63) is 30.1 Å². The smallest absolute Gasteiger partial charge is 0.255 e. The van der Waals surface area contributed by atoms with Gasteiger partial charge in [0, 0.05) is 31.5 Å². The van der Waals surface area contributed by atoms with Crippen molar-refractivity contribution >= 4 is 5.91 Å². The van der Waals surface area contributed by atoms with Gasteiger partial charge in [0.25, 0.3) is 5.91 Å². The van der Waals surface area contributed by atoms with Crippen molar-refractivity contribution in [2.75, 3.05) is 13.1 Å². The molecule has 2 rings (SSSR count). The summed E-state index contributed by atoms with van der Waals surface area (Å²) in [4.78, 5) is 18.7. The minimum Gasteiger partial charge on any atom is -0.331 e. The van der Waals surface area contributed by atoms with Crippen LogP contribution in [0.15, 0.2) is 24.5 Å². The van der Waals surface area contributed by atoms with Crippen LogP contribution in [0.1, 0.15) is 38.1 Å². The molecule has 1 N–H and O–H groups in total. The largest absolute Gasteiger partial charge is 0.331 e. The molecule has 0 bridgehead atoms. The van der Waals surface area contributed by atoms with Gasteiger partial charge in [-0.3, -0.25) is 9.78 Å². The summed E-state index contributed by atoms with van der Waals surface area (Å²) in [7, 11) is 0. The molecule has 1 unspecified atom stereocenters. The van der Waals surface area contributed by atoms with Crippen LogP contribution in [0, 0.1) is 5.92 Å². The Bertz CT molecular complexity index is 442. The number of nitrogens with one attached hydrogen (secondary N) is 1. The van der Waals surface area contributed by atoms with Crippen molar-refractivity contribution in [2.45, 2.75) is 39.3 Å². The Hall–Kier alpha value is -1.42. The number of pyridine rings is 1. The van der Waals surface area contributed by atoms with E-state index in [2.05, 4.69) is 38.0 Å². The number of hydrogen-bond acceptors (Lipinski definition) is 3. The molecule has 1 fully saturated rings. The minimum atomic E-state index is -0.168. The number of hydrogen-bond donors (Lipinski definition) is 1. The van der Waals surface area contributed by atoms with E-state index < -0.39 is 0 Å². The van der Waals surface area contributed by atoms with Crippen molar-refractivity contribution in [3.63, 3.8) is 0 Å². The van der Waals surface area contributed by atoms with Gasteiger partial charge in [-0.15, -0.1) is 0 Å². The van der Waals surface area contributed by atoms with Crippen LogP contribution in [0.25, 0.3) is 0 Å². The lowest BCUT2D eigenvalue weighted by Gasteiger charge is -2.47. The monoisotopic (exact) mass is 261 g/mol. The van der Waals surface area contributed by atoms with Crippen LogP contribution < -0.4 is 5.32 Å². The third-order valence-corrected chi connectivity index (χ3v) is 3.87. The molecule has 19 heavy (non-hydrogen) atoms. The normalized spacial score (nSPS) is 22.6. The average Bonchev–Trinajstić information content (AvgIpc) is 2.38. The second kappa shape index (κ2) is 5.29. The number of nitrogens with zero attached hydrogens (tertiary/aromatic N) is 2. The predicted octanol–water partition coefficient (Wildman–Crippen LogP) is 1.93. The lowest BCUT2D eigenvalue weighted by molar-refractivity contribution is 0.0353. The molecule has 1 amide bonds. The number of piperazine rings is 1. The summed E-state index contributed by atoms with van der Waals surface area (Å²) in [5, 5.41) is 3.54. The first-order valence-electron chi connectivity index (χ1n) is 6.87. The van der Waals surface area contributed by atoms with E-state index >= 15 is 0 Å². The summed E-state index contributed by atoms with van der Waals surface area (Å²) >= 11 is 0. The van der Waals surface area contributed by atoms with Gasteiger partial charge in [-0.05, 0) is 31.9 Å². The molecule has 0 aliphatic carbocycles. The number of carbonyl (C=O) groups excluding carboxylic acids is 1. The molecule has 1 aliphatic heterocycles. The van der Waals surface area contributed by atoms with E-state index in [1.54, 1.807) is 12.4 Å². The second-order valence-electron chi connectivity index (χ2n) is 6.20. The zero-order chi connectivity index (χ0) is 14.0. The zero-order valence-corrected chi connectivity index (χ0v) is 12.2. The van der Waals surface area contributed by atoms with Gasteiger partial charge in [0.15, 0.2) is 0 Å². The molecule has 0 saturated carbocycles. The lowest BCUT2D eigenvalue weighted by Crippen LogP contribution is -2.64. The van der Waals surface area contributed by atoms with E-state index in [0.29, 0.717) is 17.5 Å². The second-order valence-corrected chi connectivity index (χ2v) is 6.20. The van der Waals surface area contributed by atoms with Crippen LogP contribution in [0.4, 0.5) is 0 Å². The zero-order valence-electron chi connectivity index (χ0n) is 12.2. The van der Waals surface area contributed by atoms with Crippen molar-refractivity contribution in [1.29, 1.82) is 0 Å². The van der Waals surface area contributed by atoms with Gasteiger partial charge in [0.05, 0.1) is 11.1 Å². The highest BCUT2D eigenvalue weighted by molar-refractivity contribution is 5.94. The summed E-state index contributed by atoms with van der Waals surface area (Å²) < 4.78 is 0. The molecular formula is C15H23N3O. The maximum absolute atomic E-state index is 12.6. The van der Waals surface area contributed by atoms with Crippen LogP contribution in [0.5, 0.6) is 0 Å². The Kier molecular flexibility index (Phi) is 3.90. The van der Waals surface area contributed by atoms with E-state index in [1.165, 1.54) is 0 Å². The molecule has 0 aromatic carbocycles. The fourth-order valence-electron chi connectivity index (χ4n) is 2.43. The van der Waals surface area contributed by atoms with Crippen molar-refractivity contribution in [1.82, 2.24) is 15.2 Å². The lowest BCUT2D eigenvalue weighted by atomic mass is 9.92. The van der Waals surface area contributed by atoms with Gasteiger partial charge in [-0.2, -0.15) is 0 Å². The Labute approximate surface area is 115 Å². The quantitative estimate of drug-likeness (QED) is 0.885. The maximum atomic E-state index is 12.6. The molecule has 4 nitrogen and oxygen atoms in total. The van der Waals surface area contributed by atoms with Crippen LogP contribution in [0.3, 0.4) is 0 Å². The molecule has 1 aromatic rings. The Morgan fingerprint density at radius 3 is 2.84 bits per heavy atom. The number of amides is 1. The number of rotatable bonds is 2. The van der Waals surface area contributed by atoms with Crippen molar-refractivity contribution < 1.29 is 4.79 Å². The fraction of sp³-hybridized carbons (Fsp3) is 0.600. The standard InChI is InChI=1S/C15H23N3O/c1-11(2)13-9-18(15(3,4)10-17-13)14(19)12-6-5-7-16-8-12/h5-8,11,13,17H,9-10H2,1-4H3. The van der Waals surface area contributed by atoms with E-state index in [-0.39, 0.29) is 11.4 Å². The maximum Gasteiger partial charge on any atom is 0.255 e. The summed E-state index contributed by atoms with van der Waals surface area (Å²) in [6.07, 6.45) is 3.33. The van der Waals surface area contributed by atoms with Gasteiger partial charge >= 0.3 is 0 Å². The van der Waals surface area contributed by atoms with Crippen LogP contribution in [-0.4, -0.2) is 40.5 Å². The summed E-state index contributed by atoms with van der Waals surface area (Å²) in [5.41, 5.74) is 0.498. The Morgan fingerprint density at radius 2 is 2.26 bits per heavy atom. The van der Waals surface area contributed by atoms with Crippen LogP contribution >= 0.6 is 0 Å². The van der Waals surface area contributed by atoms with Gasteiger partial charge in [0.2, 0.25) is 0 Å². The van der Waals surface area contributed by atoms with Gasteiger partial charge < -0.3 is 10.2 Å². The molecule has 4 heteroatoms. The molecule has 1 aromatic heterocycles. The highest BCUT2D eigenvalue weighted by Gasteiger charge is 2.38. The number of aromatic nitrogens is 1. The average molecular weight is 261 g/mol. The molecular weight excluding hydrogens is 238 g/mol. The number of carbonyl (C=O) groups is 1. The van der Waals surface area contributed by atoms with Crippen molar-refractivity contribution in [3.8, 4) is 0 Å². The molecule has 1 aliphatic rings. The molecule has 2 heterocycles. The fourth-order valence-corrected chi connectivity index (χ4v) is 2.43. The SMILES string of the molecule is CC(C)C1CN(C(=O)c2cccnc2)C(C)(C)CN1. The Morgan fingerprint density at radius 1 is 1.53 bits per heavy atom. The minimum absolute atomic E-state index is 0.0743. The molecule has 1 atom stereocenters. The van der Waals surface area contributed by atoms with Gasteiger partial charge in [-0.1, -0.05) is 13.8 Å². The highest BCUT2D eigenvalue weighted by Crippen LogP contribution is 2.23. The van der Waals surface area contributed by atoms with E-state index in [1.807, 2.05) is 17.0 Å². The topological polar surface area (TPSA) is 45.2 Å². The summed E-state index contributed by atoms with van der Waals surface area (Å²) in [6, 6.07) is 3.99.